The maximum atomic E-state index is 7.34. The molecule has 4 N–H and O–H groups in total. The quantitative estimate of drug-likeness (QED) is 0.370. The lowest BCUT2D eigenvalue weighted by atomic mass is 9.47. The summed E-state index contributed by atoms with van der Waals surface area (Å²) in [6, 6.07) is 1.01. The zero-order valence-corrected chi connectivity index (χ0v) is 23.1. The highest BCUT2D eigenvalue weighted by Crippen LogP contribution is 2.61. The Morgan fingerprint density at radius 2 is 0.694 bits per heavy atom. The number of hydrogen-bond acceptors (Lipinski definition) is 2. The minimum Gasteiger partial charge on any atom is -0.327 e. The average Bonchev–Trinajstić information content (AvgIpc) is 2.88. The van der Waals surface area contributed by atoms with E-state index in [4.69, 9.17) is 11.5 Å². The molecule has 0 aromatic carbocycles. The van der Waals surface area contributed by atoms with E-state index in [1.165, 1.54) is 64.2 Å². The van der Waals surface area contributed by atoms with Crippen LogP contribution in [0.2, 0.25) is 0 Å². The molecule has 8 aliphatic rings. The Hall–Kier alpha value is -0.0800. The van der Waals surface area contributed by atoms with Crippen molar-refractivity contribution in [2.24, 2.45) is 94.3 Å². The van der Waals surface area contributed by atoms with Crippen LogP contribution in [0.1, 0.15) is 116 Å². The van der Waals surface area contributed by atoms with Crippen molar-refractivity contribution in [3.63, 3.8) is 0 Å². The topological polar surface area (TPSA) is 52.0 Å². The Kier molecular flexibility index (Phi) is 6.11. The van der Waals surface area contributed by atoms with Crippen LogP contribution in [-0.2, 0) is 0 Å². The predicted octanol–water partition coefficient (Wildman–Crippen LogP) is 7.40. The molecule has 8 rings (SSSR count). The third kappa shape index (κ3) is 3.91. The monoisotopic (exact) mass is 492 g/mol. The molecular weight excluding hydrogens is 436 g/mol. The number of fused-ring (bicyclic) bond motifs is 7. The molecule has 0 radical (unpaired) electrons. The lowest BCUT2D eigenvalue weighted by Crippen LogP contribution is -2.57. The molecule has 2 nitrogen and oxygen atoms in total. The molecule has 0 heterocycles. The molecule has 0 amide bonds. The van der Waals surface area contributed by atoms with Crippen molar-refractivity contribution in [1.29, 1.82) is 0 Å². The summed E-state index contributed by atoms with van der Waals surface area (Å²) in [6.07, 6.45) is 27.4. The standard InChI is InChI=1S/C34H56N2/c35-33-7-3-6-21-10-24-13-28-15-29-14-25-11-22-8-19-4-1-2-5-20(19)9-23(22)12-26(25)17-31(29)34(36)32(28)18-27(24)16-30(21)33/h19-34H,1-18,35-36H2. The van der Waals surface area contributed by atoms with Crippen molar-refractivity contribution in [1.82, 2.24) is 0 Å². The Morgan fingerprint density at radius 1 is 0.306 bits per heavy atom. The minimum atomic E-state index is 0.501. The minimum absolute atomic E-state index is 0.501. The maximum Gasteiger partial charge on any atom is 0.0101 e. The molecule has 8 aliphatic carbocycles. The molecule has 8 fully saturated rings. The SMILES string of the molecule is NC1CCCC2CC3CC4CC5CC6CC7CC8CCCCC8CC7CC6CC5C(N)C4CC3CC12. The van der Waals surface area contributed by atoms with Gasteiger partial charge in [0.15, 0.2) is 0 Å². The zero-order valence-electron chi connectivity index (χ0n) is 23.1. The first-order valence-corrected chi connectivity index (χ1v) is 17.1. The van der Waals surface area contributed by atoms with Gasteiger partial charge in [0.05, 0.1) is 0 Å². The van der Waals surface area contributed by atoms with E-state index in [2.05, 4.69) is 0 Å². The maximum absolute atomic E-state index is 7.34. The van der Waals surface area contributed by atoms with Crippen LogP contribution in [0.4, 0.5) is 0 Å². The number of hydrogen-bond donors (Lipinski definition) is 2. The molecule has 16 unspecified atom stereocenters. The second-order valence-electron chi connectivity index (χ2n) is 16.4. The van der Waals surface area contributed by atoms with E-state index in [1.54, 1.807) is 51.4 Å². The van der Waals surface area contributed by atoms with Crippen LogP contribution >= 0.6 is 0 Å². The Bertz CT molecular complexity index is 809. The van der Waals surface area contributed by atoms with Crippen molar-refractivity contribution in [2.45, 2.75) is 128 Å². The van der Waals surface area contributed by atoms with Crippen LogP contribution in [0.3, 0.4) is 0 Å². The highest BCUT2D eigenvalue weighted by atomic mass is 14.7. The normalized spacial score (nSPS) is 60.2. The van der Waals surface area contributed by atoms with Gasteiger partial charge in [-0.15, -0.1) is 0 Å². The van der Waals surface area contributed by atoms with E-state index in [0.717, 1.165) is 82.9 Å². The van der Waals surface area contributed by atoms with Crippen molar-refractivity contribution < 1.29 is 0 Å². The molecule has 0 saturated heterocycles. The van der Waals surface area contributed by atoms with Crippen LogP contribution in [0, 0.1) is 82.9 Å². The third-order valence-electron chi connectivity index (χ3n) is 15.1. The second kappa shape index (κ2) is 9.25. The van der Waals surface area contributed by atoms with Gasteiger partial charge in [0, 0.05) is 12.1 Å². The summed E-state index contributed by atoms with van der Waals surface area (Å²) in [5.74, 6) is 13.9. The summed E-state index contributed by atoms with van der Waals surface area (Å²) in [7, 11) is 0. The van der Waals surface area contributed by atoms with Gasteiger partial charge in [-0.05, 0) is 160 Å². The van der Waals surface area contributed by atoms with Gasteiger partial charge in [-0.1, -0.05) is 38.5 Å². The largest absolute Gasteiger partial charge is 0.327 e. The molecule has 36 heavy (non-hydrogen) atoms. The highest BCUT2D eigenvalue weighted by molar-refractivity contribution is 5.06. The van der Waals surface area contributed by atoms with Gasteiger partial charge < -0.3 is 11.5 Å². The van der Waals surface area contributed by atoms with Crippen LogP contribution < -0.4 is 11.5 Å². The number of nitrogens with two attached hydrogens (primary N) is 2. The Labute approximate surface area is 221 Å². The second-order valence-corrected chi connectivity index (χ2v) is 16.4. The molecule has 2 heteroatoms. The molecule has 0 aromatic heterocycles. The molecule has 16 atom stereocenters. The van der Waals surface area contributed by atoms with Gasteiger partial charge in [0.1, 0.15) is 0 Å². The lowest BCUT2D eigenvalue weighted by Gasteiger charge is -2.59. The van der Waals surface area contributed by atoms with E-state index in [0.29, 0.717) is 12.1 Å². The van der Waals surface area contributed by atoms with E-state index in [9.17, 15) is 0 Å². The van der Waals surface area contributed by atoms with Crippen molar-refractivity contribution in [3.05, 3.63) is 0 Å². The summed E-state index contributed by atoms with van der Waals surface area (Å²) >= 11 is 0. The van der Waals surface area contributed by atoms with E-state index in [-0.39, 0.29) is 0 Å². The predicted molar refractivity (Wildman–Crippen MR) is 148 cm³/mol. The summed E-state index contributed by atoms with van der Waals surface area (Å²) in [5, 5.41) is 0. The summed E-state index contributed by atoms with van der Waals surface area (Å²) in [4.78, 5) is 0. The van der Waals surface area contributed by atoms with E-state index in [1.807, 2.05) is 0 Å². The Morgan fingerprint density at radius 3 is 1.31 bits per heavy atom. The lowest BCUT2D eigenvalue weighted by molar-refractivity contribution is -0.0810. The average molecular weight is 493 g/mol. The van der Waals surface area contributed by atoms with E-state index < -0.39 is 0 Å². The molecular formula is C34H56N2. The highest BCUT2D eigenvalue weighted by Gasteiger charge is 2.54. The van der Waals surface area contributed by atoms with Crippen molar-refractivity contribution >= 4 is 0 Å². The van der Waals surface area contributed by atoms with Gasteiger partial charge in [0.2, 0.25) is 0 Å². The molecule has 0 bridgehead atoms. The summed E-state index contributed by atoms with van der Waals surface area (Å²) in [6.45, 7) is 0. The van der Waals surface area contributed by atoms with Crippen LogP contribution in [0.5, 0.6) is 0 Å². The molecule has 202 valence electrons. The first kappa shape index (κ1) is 23.8. The third-order valence-corrected chi connectivity index (χ3v) is 15.1. The smallest absolute Gasteiger partial charge is 0.0101 e. The zero-order chi connectivity index (χ0) is 24.0. The van der Waals surface area contributed by atoms with Gasteiger partial charge in [-0.25, -0.2) is 0 Å². The van der Waals surface area contributed by atoms with Gasteiger partial charge in [-0.2, -0.15) is 0 Å². The Balaban J connectivity index is 0.959. The summed E-state index contributed by atoms with van der Waals surface area (Å²) < 4.78 is 0. The molecule has 0 aliphatic heterocycles. The fourth-order valence-corrected chi connectivity index (χ4v) is 13.5. The molecule has 8 saturated carbocycles. The first-order valence-electron chi connectivity index (χ1n) is 17.1. The molecule has 0 spiro atoms. The van der Waals surface area contributed by atoms with Crippen molar-refractivity contribution in [2.75, 3.05) is 0 Å². The van der Waals surface area contributed by atoms with Gasteiger partial charge in [-0.3, -0.25) is 0 Å². The van der Waals surface area contributed by atoms with Crippen molar-refractivity contribution in [3.8, 4) is 0 Å². The number of rotatable bonds is 0. The van der Waals surface area contributed by atoms with Gasteiger partial charge in [0.25, 0.3) is 0 Å². The van der Waals surface area contributed by atoms with Gasteiger partial charge >= 0.3 is 0 Å². The summed E-state index contributed by atoms with van der Waals surface area (Å²) in [5.41, 5.74) is 14.0. The van der Waals surface area contributed by atoms with Crippen LogP contribution in [0.15, 0.2) is 0 Å². The first-order chi connectivity index (χ1) is 17.6. The van der Waals surface area contributed by atoms with E-state index >= 15 is 0 Å². The fourth-order valence-electron chi connectivity index (χ4n) is 13.5. The van der Waals surface area contributed by atoms with Crippen LogP contribution in [0.25, 0.3) is 0 Å². The van der Waals surface area contributed by atoms with Crippen LogP contribution in [-0.4, -0.2) is 12.1 Å². The molecule has 0 aromatic rings. The fraction of sp³-hybridized carbons (Fsp3) is 1.00.